The van der Waals surface area contributed by atoms with Gasteiger partial charge in [-0.2, -0.15) is 0 Å². The Labute approximate surface area is 131 Å². The Kier molecular flexibility index (Phi) is 3.94. The molecule has 4 heteroatoms. The van der Waals surface area contributed by atoms with Crippen LogP contribution in [-0.2, 0) is 9.59 Å². The van der Waals surface area contributed by atoms with Gasteiger partial charge >= 0.3 is 5.97 Å². The van der Waals surface area contributed by atoms with E-state index in [1.165, 1.54) is 11.1 Å². The van der Waals surface area contributed by atoms with Gasteiger partial charge in [-0.1, -0.05) is 31.2 Å². The summed E-state index contributed by atoms with van der Waals surface area (Å²) in [4.78, 5) is 25.7. The molecule has 118 valence electrons. The molecule has 3 atom stereocenters. The Morgan fingerprint density at radius 1 is 1.32 bits per heavy atom. The number of carboxylic acids is 1. The van der Waals surface area contributed by atoms with Crippen LogP contribution in [0.4, 0.5) is 0 Å². The van der Waals surface area contributed by atoms with Crippen LogP contribution in [0.1, 0.15) is 43.2 Å². The van der Waals surface area contributed by atoms with E-state index in [1.807, 2.05) is 17.0 Å². The molecule has 0 saturated heterocycles. The lowest BCUT2D eigenvalue weighted by Crippen LogP contribution is -2.39. The van der Waals surface area contributed by atoms with Crippen molar-refractivity contribution in [2.75, 3.05) is 6.54 Å². The monoisotopic (exact) mass is 301 g/mol. The number of nitrogens with zero attached hydrogens (tertiary/aromatic N) is 1. The summed E-state index contributed by atoms with van der Waals surface area (Å²) in [6.45, 7) is 4.10. The predicted octanol–water partition coefficient (Wildman–Crippen LogP) is 2.81. The minimum absolute atomic E-state index is 0.0442. The summed E-state index contributed by atoms with van der Waals surface area (Å²) in [5.41, 5.74) is 2.50. The highest BCUT2D eigenvalue weighted by atomic mass is 16.4. The molecule has 0 aromatic heterocycles. The molecular formula is C18H23NO3. The van der Waals surface area contributed by atoms with Gasteiger partial charge in [0.05, 0.1) is 5.92 Å². The number of benzene rings is 1. The summed E-state index contributed by atoms with van der Waals surface area (Å²) in [5.74, 6) is -0.813. The first-order valence-electron chi connectivity index (χ1n) is 8.08. The van der Waals surface area contributed by atoms with Crippen molar-refractivity contribution >= 4 is 11.9 Å². The molecule has 4 nitrogen and oxygen atoms in total. The van der Waals surface area contributed by atoms with Crippen LogP contribution >= 0.6 is 0 Å². The van der Waals surface area contributed by atoms with Gasteiger partial charge in [-0.25, -0.2) is 0 Å². The Bertz CT molecular complexity index is 594. The number of aryl methyl sites for hydroxylation is 1. The van der Waals surface area contributed by atoms with Gasteiger partial charge in [-0.3, -0.25) is 9.59 Å². The number of carboxylic acid groups (broad SMARTS) is 1. The summed E-state index contributed by atoms with van der Waals surface area (Å²) in [5, 5.41) is 9.10. The van der Waals surface area contributed by atoms with E-state index in [2.05, 4.69) is 19.1 Å². The molecule has 1 aromatic carbocycles. The van der Waals surface area contributed by atoms with Crippen LogP contribution in [0.15, 0.2) is 24.3 Å². The first-order valence-corrected chi connectivity index (χ1v) is 8.08. The molecule has 0 heterocycles. The number of amides is 1. The maximum atomic E-state index is 12.8. The zero-order valence-electron chi connectivity index (χ0n) is 13.2. The Hall–Kier alpha value is -1.84. The minimum atomic E-state index is -0.829. The number of carbonyl (C=O) groups excluding carboxylic acids is 1. The third-order valence-corrected chi connectivity index (χ3v) is 4.86. The highest BCUT2D eigenvalue weighted by molar-refractivity contribution is 5.84. The van der Waals surface area contributed by atoms with E-state index >= 15 is 0 Å². The largest absolute Gasteiger partial charge is 0.481 e. The fourth-order valence-electron chi connectivity index (χ4n) is 3.21. The second kappa shape index (κ2) is 5.75. The Morgan fingerprint density at radius 3 is 2.59 bits per heavy atom. The molecule has 1 aromatic rings. The fraction of sp³-hybridized carbons (Fsp3) is 0.556. The van der Waals surface area contributed by atoms with Crippen molar-refractivity contribution in [3.63, 3.8) is 0 Å². The van der Waals surface area contributed by atoms with Crippen molar-refractivity contribution in [3.05, 3.63) is 35.4 Å². The van der Waals surface area contributed by atoms with Crippen molar-refractivity contribution in [2.45, 2.75) is 45.1 Å². The van der Waals surface area contributed by atoms with Crippen LogP contribution < -0.4 is 0 Å². The molecule has 2 saturated carbocycles. The SMILES string of the molecule is Cc1ccccc1[C@@H]1C[C@@H]1C(=O)N(C[C@H](C)C(=O)O)C1CC1. The molecule has 1 N–H and O–H groups in total. The first-order chi connectivity index (χ1) is 10.5. The van der Waals surface area contributed by atoms with E-state index in [0.29, 0.717) is 12.5 Å². The van der Waals surface area contributed by atoms with Gasteiger partial charge in [0.15, 0.2) is 0 Å². The molecule has 2 fully saturated rings. The van der Waals surface area contributed by atoms with Crippen LogP contribution in [0.2, 0.25) is 0 Å². The van der Waals surface area contributed by atoms with Gasteiger partial charge in [-0.05, 0) is 43.2 Å². The summed E-state index contributed by atoms with van der Waals surface area (Å²) in [6, 6.07) is 8.50. The zero-order chi connectivity index (χ0) is 15.9. The Balaban J connectivity index is 1.68. The lowest BCUT2D eigenvalue weighted by Gasteiger charge is -2.24. The third-order valence-electron chi connectivity index (χ3n) is 4.86. The van der Waals surface area contributed by atoms with Crippen molar-refractivity contribution in [2.24, 2.45) is 11.8 Å². The summed E-state index contributed by atoms with van der Waals surface area (Å²) in [6.07, 6.45) is 2.92. The van der Waals surface area contributed by atoms with Gasteiger partial charge in [0.1, 0.15) is 0 Å². The quantitative estimate of drug-likeness (QED) is 0.879. The third kappa shape index (κ3) is 3.01. The second-order valence-electron chi connectivity index (χ2n) is 6.77. The smallest absolute Gasteiger partial charge is 0.308 e. The zero-order valence-corrected chi connectivity index (χ0v) is 13.2. The molecule has 0 bridgehead atoms. The number of aliphatic carboxylic acids is 1. The molecule has 2 aliphatic rings. The van der Waals surface area contributed by atoms with Crippen LogP contribution in [-0.4, -0.2) is 34.5 Å². The molecule has 1 amide bonds. The van der Waals surface area contributed by atoms with Crippen LogP contribution in [0.5, 0.6) is 0 Å². The molecule has 0 aliphatic heterocycles. The highest BCUT2D eigenvalue weighted by Crippen LogP contribution is 2.50. The second-order valence-corrected chi connectivity index (χ2v) is 6.77. The van der Waals surface area contributed by atoms with Crippen molar-refractivity contribution in [1.29, 1.82) is 0 Å². The average Bonchev–Trinajstić information content (AvgIpc) is 3.37. The van der Waals surface area contributed by atoms with Crippen molar-refractivity contribution < 1.29 is 14.7 Å². The van der Waals surface area contributed by atoms with Crippen molar-refractivity contribution in [1.82, 2.24) is 4.90 Å². The van der Waals surface area contributed by atoms with Crippen LogP contribution in [0.3, 0.4) is 0 Å². The van der Waals surface area contributed by atoms with E-state index in [1.54, 1.807) is 6.92 Å². The molecule has 3 rings (SSSR count). The van der Waals surface area contributed by atoms with Gasteiger partial charge in [0, 0.05) is 18.5 Å². The van der Waals surface area contributed by atoms with Gasteiger partial charge < -0.3 is 10.0 Å². The molecule has 2 aliphatic carbocycles. The topological polar surface area (TPSA) is 57.6 Å². The van der Waals surface area contributed by atoms with E-state index < -0.39 is 11.9 Å². The fourth-order valence-corrected chi connectivity index (χ4v) is 3.21. The standard InChI is InChI=1S/C18H23NO3/c1-11-5-3-4-6-14(11)15-9-16(15)17(20)19(13-7-8-13)10-12(2)18(21)22/h3-6,12-13,15-16H,7-10H2,1-2H3,(H,21,22)/t12-,15-,16-/m0/s1. The average molecular weight is 301 g/mol. The number of carbonyl (C=O) groups is 2. The van der Waals surface area contributed by atoms with E-state index in [9.17, 15) is 9.59 Å². The number of hydrogen-bond acceptors (Lipinski definition) is 2. The lowest BCUT2D eigenvalue weighted by molar-refractivity contribution is -0.143. The molecule has 22 heavy (non-hydrogen) atoms. The molecule has 0 spiro atoms. The number of hydrogen-bond donors (Lipinski definition) is 1. The molecule has 0 unspecified atom stereocenters. The lowest BCUT2D eigenvalue weighted by atomic mass is 10.0. The van der Waals surface area contributed by atoms with Crippen LogP contribution in [0.25, 0.3) is 0 Å². The highest BCUT2D eigenvalue weighted by Gasteiger charge is 2.48. The van der Waals surface area contributed by atoms with Crippen molar-refractivity contribution in [3.8, 4) is 0 Å². The predicted molar refractivity (Wildman–Crippen MR) is 83.6 cm³/mol. The molecular weight excluding hydrogens is 278 g/mol. The summed E-state index contributed by atoms with van der Waals surface area (Å²) < 4.78 is 0. The van der Waals surface area contributed by atoms with E-state index in [-0.39, 0.29) is 17.9 Å². The van der Waals surface area contributed by atoms with Crippen LogP contribution in [0, 0.1) is 18.8 Å². The number of rotatable bonds is 6. The normalized spacial score (nSPS) is 24.6. The van der Waals surface area contributed by atoms with Gasteiger partial charge in [0.25, 0.3) is 0 Å². The Morgan fingerprint density at radius 2 is 2.00 bits per heavy atom. The van der Waals surface area contributed by atoms with Gasteiger partial charge in [0.2, 0.25) is 5.91 Å². The van der Waals surface area contributed by atoms with E-state index in [0.717, 1.165) is 19.3 Å². The van der Waals surface area contributed by atoms with Gasteiger partial charge in [-0.15, -0.1) is 0 Å². The summed E-state index contributed by atoms with van der Waals surface area (Å²) in [7, 11) is 0. The minimum Gasteiger partial charge on any atom is -0.481 e. The maximum absolute atomic E-state index is 12.8. The van der Waals surface area contributed by atoms with E-state index in [4.69, 9.17) is 5.11 Å². The maximum Gasteiger partial charge on any atom is 0.308 e. The molecule has 0 radical (unpaired) electrons. The first kappa shape index (κ1) is 15.1. The summed E-state index contributed by atoms with van der Waals surface area (Å²) >= 11 is 0.